The van der Waals surface area contributed by atoms with E-state index in [0.29, 0.717) is 26.9 Å². The van der Waals surface area contributed by atoms with Crippen molar-refractivity contribution in [3.63, 3.8) is 0 Å². The number of anilines is 1. The number of ether oxygens (including phenoxy) is 1. The molecule has 30 heavy (non-hydrogen) atoms. The van der Waals surface area contributed by atoms with Crippen molar-refractivity contribution < 1.29 is 19.4 Å². The Morgan fingerprint density at radius 2 is 1.67 bits per heavy atom. The Morgan fingerprint density at radius 3 is 2.37 bits per heavy atom. The van der Waals surface area contributed by atoms with Gasteiger partial charge in [0, 0.05) is 21.2 Å². The first-order chi connectivity index (χ1) is 14.5. The standard InChI is InChI=1S/C23H17Cl2NO4/c24-15-10-11-19-17(12-15)20(16-8-4-5-9-18(16)25)30-21(23(28)29)22(27)26(19)13-14-6-2-1-3-7-14/h1-12,20-21H,13H2,(H,28,29). The van der Waals surface area contributed by atoms with Crippen LogP contribution in [-0.4, -0.2) is 23.1 Å². The minimum atomic E-state index is -1.69. The lowest BCUT2D eigenvalue weighted by Crippen LogP contribution is -2.43. The summed E-state index contributed by atoms with van der Waals surface area (Å²) in [7, 11) is 0. The maximum Gasteiger partial charge on any atom is 0.342 e. The van der Waals surface area contributed by atoms with Crippen molar-refractivity contribution in [2.45, 2.75) is 18.8 Å². The molecule has 4 rings (SSSR count). The number of carboxylic acids is 1. The van der Waals surface area contributed by atoms with E-state index in [0.717, 1.165) is 5.56 Å². The third-order valence-electron chi connectivity index (χ3n) is 4.92. The molecule has 0 radical (unpaired) electrons. The molecule has 2 unspecified atom stereocenters. The topological polar surface area (TPSA) is 66.8 Å². The molecule has 1 N–H and O–H groups in total. The number of aliphatic carboxylic acids is 1. The summed E-state index contributed by atoms with van der Waals surface area (Å²) in [5.41, 5.74) is 2.51. The van der Waals surface area contributed by atoms with Crippen LogP contribution < -0.4 is 4.90 Å². The normalized spacial score (nSPS) is 18.6. The van der Waals surface area contributed by atoms with Gasteiger partial charge in [-0.25, -0.2) is 4.79 Å². The van der Waals surface area contributed by atoms with Crippen LogP contribution in [0.15, 0.2) is 72.8 Å². The number of halogens is 2. The van der Waals surface area contributed by atoms with Gasteiger partial charge in [0.25, 0.3) is 5.91 Å². The van der Waals surface area contributed by atoms with Crippen LogP contribution in [0.1, 0.15) is 22.8 Å². The second-order valence-electron chi connectivity index (χ2n) is 6.87. The van der Waals surface area contributed by atoms with E-state index in [-0.39, 0.29) is 6.54 Å². The van der Waals surface area contributed by atoms with Crippen LogP contribution in [-0.2, 0) is 20.9 Å². The summed E-state index contributed by atoms with van der Waals surface area (Å²) in [6, 6.07) is 21.4. The minimum absolute atomic E-state index is 0.191. The quantitative estimate of drug-likeness (QED) is 0.571. The van der Waals surface area contributed by atoms with Crippen LogP contribution in [0.3, 0.4) is 0 Å². The van der Waals surface area contributed by atoms with E-state index in [1.807, 2.05) is 30.3 Å². The molecule has 1 aliphatic rings. The molecule has 3 aromatic carbocycles. The first-order valence-electron chi connectivity index (χ1n) is 9.23. The Labute approximate surface area is 183 Å². The van der Waals surface area contributed by atoms with Gasteiger partial charge in [-0.15, -0.1) is 0 Å². The van der Waals surface area contributed by atoms with Gasteiger partial charge in [0.2, 0.25) is 6.10 Å². The first kappa shape index (κ1) is 20.4. The van der Waals surface area contributed by atoms with Crippen molar-refractivity contribution in [2.24, 2.45) is 0 Å². The maximum atomic E-state index is 13.3. The lowest BCUT2D eigenvalue weighted by molar-refractivity contribution is -0.158. The number of carboxylic acid groups (broad SMARTS) is 1. The molecule has 0 spiro atoms. The molecule has 3 aromatic rings. The van der Waals surface area contributed by atoms with E-state index in [1.54, 1.807) is 42.5 Å². The average Bonchev–Trinajstić information content (AvgIpc) is 2.84. The molecule has 1 amide bonds. The van der Waals surface area contributed by atoms with Gasteiger partial charge in [0.15, 0.2) is 0 Å². The maximum absolute atomic E-state index is 13.3. The van der Waals surface area contributed by atoms with Crippen molar-refractivity contribution in [1.29, 1.82) is 0 Å². The average molecular weight is 442 g/mol. The third-order valence-corrected chi connectivity index (χ3v) is 5.50. The summed E-state index contributed by atoms with van der Waals surface area (Å²) in [6.45, 7) is 0.191. The molecule has 5 nitrogen and oxygen atoms in total. The number of carbonyl (C=O) groups excluding carboxylic acids is 1. The molecular formula is C23H17Cl2NO4. The zero-order chi connectivity index (χ0) is 21.3. The predicted octanol–water partition coefficient (Wildman–Crippen LogP) is 5.10. The summed E-state index contributed by atoms with van der Waals surface area (Å²) >= 11 is 12.6. The fourth-order valence-corrected chi connectivity index (χ4v) is 3.95. The predicted molar refractivity (Wildman–Crippen MR) is 115 cm³/mol. The van der Waals surface area contributed by atoms with Gasteiger partial charge in [-0.1, -0.05) is 71.7 Å². The Balaban J connectivity index is 1.90. The molecule has 0 bridgehead atoms. The van der Waals surface area contributed by atoms with Gasteiger partial charge in [0.05, 0.1) is 12.2 Å². The summed E-state index contributed by atoms with van der Waals surface area (Å²) in [5, 5.41) is 10.6. The first-order valence-corrected chi connectivity index (χ1v) is 9.98. The van der Waals surface area contributed by atoms with Crippen molar-refractivity contribution in [3.05, 3.63) is 99.5 Å². The number of fused-ring (bicyclic) bond motifs is 1. The molecule has 0 saturated heterocycles. The Bertz CT molecular complexity index is 1100. The number of carbonyl (C=O) groups is 2. The van der Waals surface area contributed by atoms with Crippen LogP contribution in [0, 0.1) is 0 Å². The molecule has 2 atom stereocenters. The Kier molecular flexibility index (Phi) is 5.77. The van der Waals surface area contributed by atoms with E-state index < -0.39 is 24.1 Å². The number of benzene rings is 3. The van der Waals surface area contributed by atoms with Crippen molar-refractivity contribution in [1.82, 2.24) is 0 Å². The highest BCUT2D eigenvalue weighted by Gasteiger charge is 2.41. The molecule has 1 aliphatic heterocycles. The molecule has 1 heterocycles. The highest BCUT2D eigenvalue weighted by atomic mass is 35.5. The Hall–Kier alpha value is -2.86. The lowest BCUT2D eigenvalue weighted by Gasteiger charge is -2.24. The van der Waals surface area contributed by atoms with Crippen LogP contribution >= 0.6 is 23.2 Å². The molecule has 0 saturated carbocycles. The Morgan fingerprint density at radius 1 is 0.967 bits per heavy atom. The number of hydrogen-bond acceptors (Lipinski definition) is 3. The largest absolute Gasteiger partial charge is 0.479 e. The monoisotopic (exact) mass is 441 g/mol. The van der Waals surface area contributed by atoms with Gasteiger partial charge >= 0.3 is 5.97 Å². The van der Waals surface area contributed by atoms with Gasteiger partial charge in [-0.2, -0.15) is 0 Å². The molecule has 0 aromatic heterocycles. The zero-order valence-corrected chi connectivity index (χ0v) is 17.2. The van der Waals surface area contributed by atoms with E-state index in [2.05, 4.69) is 0 Å². The highest BCUT2D eigenvalue weighted by Crippen LogP contribution is 2.41. The van der Waals surface area contributed by atoms with Crippen LogP contribution in [0.4, 0.5) is 5.69 Å². The van der Waals surface area contributed by atoms with E-state index in [9.17, 15) is 14.7 Å². The second-order valence-corrected chi connectivity index (χ2v) is 7.71. The molecule has 0 aliphatic carbocycles. The fraction of sp³-hybridized carbons (Fsp3) is 0.130. The summed E-state index contributed by atoms with van der Waals surface area (Å²) in [5.74, 6) is -2.03. The van der Waals surface area contributed by atoms with Crippen LogP contribution in [0.2, 0.25) is 10.0 Å². The SMILES string of the molecule is O=C(O)C1OC(c2ccccc2Cl)c2cc(Cl)ccc2N(Cc2ccccc2)C1=O. The summed E-state index contributed by atoms with van der Waals surface area (Å²) < 4.78 is 5.87. The van der Waals surface area contributed by atoms with Gasteiger partial charge in [-0.05, 0) is 29.8 Å². The zero-order valence-electron chi connectivity index (χ0n) is 15.7. The van der Waals surface area contributed by atoms with Crippen molar-refractivity contribution >= 4 is 40.8 Å². The number of hydrogen-bond donors (Lipinski definition) is 1. The summed E-state index contributed by atoms with van der Waals surface area (Å²) in [6.07, 6.45) is -2.57. The van der Waals surface area contributed by atoms with Crippen LogP contribution in [0.25, 0.3) is 0 Å². The van der Waals surface area contributed by atoms with Crippen molar-refractivity contribution in [2.75, 3.05) is 4.90 Å². The van der Waals surface area contributed by atoms with Gasteiger partial charge in [-0.3, -0.25) is 4.79 Å². The minimum Gasteiger partial charge on any atom is -0.479 e. The van der Waals surface area contributed by atoms with Gasteiger partial charge < -0.3 is 14.7 Å². The van der Waals surface area contributed by atoms with E-state index in [1.165, 1.54) is 4.90 Å². The fourth-order valence-electron chi connectivity index (χ4n) is 3.53. The molecule has 0 fully saturated rings. The third kappa shape index (κ3) is 3.92. The molecule has 152 valence electrons. The van der Waals surface area contributed by atoms with E-state index >= 15 is 0 Å². The molecular weight excluding hydrogens is 425 g/mol. The highest BCUT2D eigenvalue weighted by molar-refractivity contribution is 6.31. The van der Waals surface area contributed by atoms with Crippen LogP contribution in [0.5, 0.6) is 0 Å². The smallest absolute Gasteiger partial charge is 0.342 e. The van der Waals surface area contributed by atoms with Gasteiger partial charge in [0.1, 0.15) is 6.10 Å². The molecule has 7 heteroatoms. The number of nitrogens with zero attached hydrogens (tertiary/aromatic N) is 1. The second kappa shape index (κ2) is 8.48. The number of rotatable bonds is 4. The van der Waals surface area contributed by atoms with E-state index in [4.69, 9.17) is 27.9 Å². The number of amides is 1. The lowest BCUT2D eigenvalue weighted by atomic mass is 9.99. The summed E-state index contributed by atoms with van der Waals surface area (Å²) in [4.78, 5) is 26.6. The van der Waals surface area contributed by atoms with Crippen molar-refractivity contribution in [3.8, 4) is 0 Å².